The second kappa shape index (κ2) is 6.19. The van der Waals surface area contributed by atoms with Crippen molar-refractivity contribution in [2.75, 3.05) is 33.7 Å². The smallest absolute Gasteiger partial charge is 0.0831 e. The first kappa shape index (κ1) is 15.0. The standard InChI is InChI=1S/C15H33N2/c1-13(2)7-10-16(5)15-8-11-17(6,12-9-15)14(3)4/h13-15H,7-12H2,1-6H3/q+1. The predicted molar refractivity (Wildman–Crippen MR) is 76.2 cm³/mol. The van der Waals surface area contributed by atoms with Crippen LogP contribution in [0.2, 0.25) is 0 Å². The summed E-state index contributed by atoms with van der Waals surface area (Å²) in [6.45, 7) is 13.4. The third-order valence-corrected chi connectivity index (χ3v) is 4.88. The summed E-state index contributed by atoms with van der Waals surface area (Å²) in [5, 5.41) is 0. The maximum Gasteiger partial charge on any atom is 0.0831 e. The molecule has 2 heteroatoms. The van der Waals surface area contributed by atoms with E-state index in [4.69, 9.17) is 0 Å². The van der Waals surface area contributed by atoms with Gasteiger partial charge in [-0.15, -0.1) is 0 Å². The van der Waals surface area contributed by atoms with Gasteiger partial charge in [0.1, 0.15) is 0 Å². The summed E-state index contributed by atoms with van der Waals surface area (Å²) in [6, 6.07) is 1.61. The zero-order chi connectivity index (χ0) is 13.1. The summed E-state index contributed by atoms with van der Waals surface area (Å²) in [6.07, 6.45) is 4.09. The lowest BCUT2D eigenvalue weighted by atomic mass is 9.99. The van der Waals surface area contributed by atoms with Crippen molar-refractivity contribution in [3.05, 3.63) is 0 Å². The van der Waals surface area contributed by atoms with Gasteiger partial charge in [-0.25, -0.2) is 0 Å². The van der Waals surface area contributed by atoms with Crippen LogP contribution >= 0.6 is 0 Å². The van der Waals surface area contributed by atoms with Crippen LogP contribution in [0, 0.1) is 5.92 Å². The van der Waals surface area contributed by atoms with Gasteiger partial charge in [-0.05, 0) is 39.8 Å². The van der Waals surface area contributed by atoms with Gasteiger partial charge in [-0.1, -0.05) is 13.8 Å². The third kappa shape index (κ3) is 4.26. The Hall–Kier alpha value is -0.0800. The van der Waals surface area contributed by atoms with Gasteiger partial charge in [0.05, 0.1) is 26.2 Å². The molecule has 0 aromatic rings. The first-order chi connectivity index (χ1) is 7.85. The molecule has 0 aromatic carbocycles. The minimum absolute atomic E-state index is 0.775. The van der Waals surface area contributed by atoms with Crippen LogP contribution in [-0.4, -0.2) is 55.2 Å². The maximum atomic E-state index is 2.60. The van der Waals surface area contributed by atoms with Crippen molar-refractivity contribution in [2.45, 2.75) is 59.0 Å². The molecule has 0 bridgehead atoms. The van der Waals surface area contributed by atoms with Gasteiger partial charge in [-0.3, -0.25) is 0 Å². The number of rotatable bonds is 5. The molecule has 102 valence electrons. The normalized spacial score (nSPS) is 30.5. The summed E-state index contributed by atoms with van der Waals surface area (Å²) in [4.78, 5) is 2.60. The van der Waals surface area contributed by atoms with Crippen molar-refractivity contribution in [3.63, 3.8) is 0 Å². The lowest BCUT2D eigenvalue weighted by Crippen LogP contribution is -2.57. The molecule has 17 heavy (non-hydrogen) atoms. The van der Waals surface area contributed by atoms with Gasteiger partial charge in [-0.2, -0.15) is 0 Å². The second-order valence-electron chi connectivity index (χ2n) is 6.91. The molecule has 0 unspecified atom stereocenters. The predicted octanol–water partition coefficient (Wildman–Crippen LogP) is 2.98. The van der Waals surface area contributed by atoms with Crippen LogP contribution in [0.1, 0.15) is 47.0 Å². The van der Waals surface area contributed by atoms with Gasteiger partial charge in [0.15, 0.2) is 0 Å². The number of quaternary nitrogens is 1. The van der Waals surface area contributed by atoms with Crippen LogP contribution in [0.3, 0.4) is 0 Å². The van der Waals surface area contributed by atoms with E-state index in [1.807, 2.05) is 0 Å². The van der Waals surface area contributed by atoms with Gasteiger partial charge in [0.25, 0.3) is 0 Å². The highest BCUT2D eigenvalue weighted by Crippen LogP contribution is 2.23. The number of hydrogen-bond donors (Lipinski definition) is 0. The average Bonchev–Trinajstić information content (AvgIpc) is 2.26. The molecule has 2 nitrogen and oxygen atoms in total. The van der Waals surface area contributed by atoms with Gasteiger partial charge in [0.2, 0.25) is 0 Å². The minimum atomic E-state index is 0.775. The first-order valence-electron chi connectivity index (χ1n) is 7.39. The fourth-order valence-corrected chi connectivity index (χ4v) is 2.75. The van der Waals surface area contributed by atoms with Crippen LogP contribution in [0.4, 0.5) is 0 Å². The average molecular weight is 241 g/mol. The number of likely N-dealkylation sites (tertiary alicyclic amines) is 1. The molecule has 0 amide bonds. The van der Waals surface area contributed by atoms with Crippen LogP contribution in [0.25, 0.3) is 0 Å². The molecular formula is C15H33N2+. The van der Waals surface area contributed by atoms with E-state index >= 15 is 0 Å². The van der Waals surface area contributed by atoms with Crippen molar-refractivity contribution in [2.24, 2.45) is 5.92 Å². The molecule has 0 radical (unpaired) electrons. The molecule has 0 atom stereocenters. The summed E-state index contributed by atoms with van der Waals surface area (Å²) in [5.41, 5.74) is 0. The zero-order valence-corrected chi connectivity index (χ0v) is 12.9. The van der Waals surface area contributed by atoms with Gasteiger partial charge < -0.3 is 9.38 Å². The van der Waals surface area contributed by atoms with Crippen molar-refractivity contribution in [3.8, 4) is 0 Å². The quantitative estimate of drug-likeness (QED) is 0.669. The van der Waals surface area contributed by atoms with E-state index in [0.717, 1.165) is 18.0 Å². The Morgan fingerprint density at radius 2 is 1.65 bits per heavy atom. The lowest BCUT2D eigenvalue weighted by Gasteiger charge is -2.45. The van der Waals surface area contributed by atoms with E-state index in [2.05, 4.69) is 46.7 Å². The minimum Gasteiger partial charge on any atom is -0.324 e. The highest BCUT2D eigenvalue weighted by molar-refractivity contribution is 4.73. The monoisotopic (exact) mass is 241 g/mol. The topological polar surface area (TPSA) is 3.24 Å². The number of piperidine rings is 1. The van der Waals surface area contributed by atoms with Crippen LogP contribution in [0.15, 0.2) is 0 Å². The molecule has 1 heterocycles. The first-order valence-corrected chi connectivity index (χ1v) is 7.39. The number of hydrogen-bond acceptors (Lipinski definition) is 1. The fourth-order valence-electron chi connectivity index (χ4n) is 2.75. The van der Waals surface area contributed by atoms with E-state index in [1.165, 1.54) is 43.4 Å². The molecular weight excluding hydrogens is 208 g/mol. The molecule has 1 fully saturated rings. The summed E-state index contributed by atoms with van der Waals surface area (Å²) in [7, 11) is 4.74. The van der Waals surface area contributed by atoms with Crippen LogP contribution in [-0.2, 0) is 0 Å². The highest BCUT2D eigenvalue weighted by atomic mass is 15.4. The largest absolute Gasteiger partial charge is 0.324 e. The van der Waals surface area contributed by atoms with Crippen molar-refractivity contribution < 1.29 is 4.48 Å². The Morgan fingerprint density at radius 1 is 1.12 bits per heavy atom. The Morgan fingerprint density at radius 3 is 2.06 bits per heavy atom. The Bertz CT molecular complexity index is 215. The summed E-state index contributed by atoms with van der Waals surface area (Å²) >= 11 is 0. The van der Waals surface area contributed by atoms with Crippen molar-refractivity contribution >= 4 is 0 Å². The van der Waals surface area contributed by atoms with Gasteiger partial charge in [0, 0.05) is 18.9 Å². The SMILES string of the molecule is CC(C)CCN(C)C1CC[N+](C)(C(C)C)CC1. The maximum absolute atomic E-state index is 2.60. The van der Waals surface area contributed by atoms with E-state index in [-0.39, 0.29) is 0 Å². The second-order valence-corrected chi connectivity index (χ2v) is 6.91. The van der Waals surface area contributed by atoms with Gasteiger partial charge >= 0.3 is 0 Å². The van der Waals surface area contributed by atoms with E-state index in [1.54, 1.807) is 0 Å². The Kier molecular flexibility index (Phi) is 5.46. The summed E-state index contributed by atoms with van der Waals surface area (Å²) in [5.74, 6) is 0.831. The molecule has 1 aliphatic heterocycles. The molecule has 1 aliphatic rings. The van der Waals surface area contributed by atoms with Crippen molar-refractivity contribution in [1.82, 2.24) is 4.90 Å². The molecule has 1 rings (SSSR count). The Balaban J connectivity index is 2.36. The van der Waals surface area contributed by atoms with Crippen LogP contribution in [0.5, 0.6) is 0 Å². The lowest BCUT2D eigenvalue weighted by molar-refractivity contribution is -0.934. The summed E-state index contributed by atoms with van der Waals surface area (Å²) < 4.78 is 1.27. The molecule has 0 aliphatic carbocycles. The highest BCUT2D eigenvalue weighted by Gasteiger charge is 2.33. The molecule has 0 spiro atoms. The van der Waals surface area contributed by atoms with Crippen LogP contribution < -0.4 is 0 Å². The Labute approximate surface area is 109 Å². The fraction of sp³-hybridized carbons (Fsp3) is 1.00. The third-order valence-electron chi connectivity index (χ3n) is 4.88. The molecule has 1 saturated heterocycles. The number of nitrogens with zero attached hydrogens (tertiary/aromatic N) is 2. The molecule has 0 N–H and O–H groups in total. The molecule has 0 saturated carbocycles. The van der Waals surface area contributed by atoms with E-state index in [0.29, 0.717) is 0 Å². The van der Waals surface area contributed by atoms with E-state index in [9.17, 15) is 0 Å². The van der Waals surface area contributed by atoms with E-state index < -0.39 is 0 Å². The zero-order valence-electron chi connectivity index (χ0n) is 12.9. The molecule has 0 aromatic heterocycles. The van der Waals surface area contributed by atoms with Crippen molar-refractivity contribution in [1.29, 1.82) is 0 Å².